The van der Waals surface area contributed by atoms with E-state index in [1.807, 2.05) is 11.8 Å². The van der Waals surface area contributed by atoms with Crippen molar-refractivity contribution in [2.24, 2.45) is 5.92 Å². The van der Waals surface area contributed by atoms with Crippen molar-refractivity contribution >= 4 is 11.8 Å². The summed E-state index contributed by atoms with van der Waals surface area (Å²) in [5.41, 5.74) is 1.40. The zero-order valence-corrected chi connectivity index (χ0v) is 19.5. The molecule has 3 heterocycles. The van der Waals surface area contributed by atoms with Crippen molar-refractivity contribution in [3.63, 3.8) is 0 Å². The van der Waals surface area contributed by atoms with E-state index in [-0.39, 0.29) is 17.9 Å². The minimum absolute atomic E-state index is 0.114. The van der Waals surface area contributed by atoms with Gasteiger partial charge in [-0.2, -0.15) is 0 Å². The van der Waals surface area contributed by atoms with E-state index in [0.29, 0.717) is 38.8 Å². The van der Waals surface area contributed by atoms with Gasteiger partial charge in [0.05, 0.1) is 25.8 Å². The second-order valence-corrected chi connectivity index (χ2v) is 9.44. The summed E-state index contributed by atoms with van der Waals surface area (Å²) in [5.74, 6) is 1.11. The van der Waals surface area contributed by atoms with Crippen molar-refractivity contribution in [3.05, 3.63) is 35.9 Å². The molecule has 1 aromatic carbocycles. The molecule has 7 nitrogen and oxygen atoms in total. The number of carbonyl (C=O) groups is 2. The van der Waals surface area contributed by atoms with Gasteiger partial charge in [0.1, 0.15) is 0 Å². The Morgan fingerprint density at radius 3 is 2.22 bits per heavy atom. The van der Waals surface area contributed by atoms with Crippen LogP contribution in [0.3, 0.4) is 0 Å². The highest BCUT2D eigenvalue weighted by molar-refractivity contribution is 5.82. The summed E-state index contributed by atoms with van der Waals surface area (Å²) in [6.45, 7) is 10.3. The van der Waals surface area contributed by atoms with Crippen LogP contribution in [-0.4, -0.2) is 110 Å². The Kier molecular flexibility index (Phi) is 8.16. The van der Waals surface area contributed by atoms with Crippen molar-refractivity contribution in [2.45, 2.75) is 32.2 Å². The number of rotatable bonds is 6. The monoisotopic (exact) mass is 442 g/mol. The van der Waals surface area contributed by atoms with Gasteiger partial charge in [-0.05, 0) is 37.7 Å². The van der Waals surface area contributed by atoms with Crippen molar-refractivity contribution in [3.8, 4) is 0 Å². The van der Waals surface area contributed by atoms with E-state index in [1.54, 1.807) is 0 Å². The number of ether oxygens (including phenoxy) is 1. The Morgan fingerprint density at radius 1 is 0.906 bits per heavy atom. The molecule has 0 aromatic heterocycles. The number of piperazine rings is 1. The Labute approximate surface area is 192 Å². The van der Waals surface area contributed by atoms with E-state index in [2.05, 4.69) is 45.0 Å². The fourth-order valence-corrected chi connectivity index (χ4v) is 5.13. The van der Waals surface area contributed by atoms with Gasteiger partial charge in [-0.25, -0.2) is 0 Å². The Balaban J connectivity index is 1.18. The number of benzene rings is 1. The first kappa shape index (κ1) is 23.2. The Bertz CT molecular complexity index is 737. The van der Waals surface area contributed by atoms with E-state index < -0.39 is 0 Å². The molecule has 3 saturated heterocycles. The lowest BCUT2D eigenvalue weighted by atomic mass is 9.90. The molecule has 32 heavy (non-hydrogen) atoms. The Hall–Kier alpha value is -1.96. The fourth-order valence-electron chi connectivity index (χ4n) is 5.13. The smallest absolute Gasteiger partial charge is 0.239 e. The van der Waals surface area contributed by atoms with Crippen LogP contribution >= 0.6 is 0 Å². The van der Waals surface area contributed by atoms with Crippen LogP contribution in [-0.2, 0) is 20.7 Å². The molecule has 3 aliphatic rings. The average Bonchev–Trinajstić information content (AvgIpc) is 2.85. The van der Waals surface area contributed by atoms with Gasteiger partial charge >= 0.3 is 0 Å². The maximum absolute atomic E-state index is 13.1. The van der Waals surface area contributed by atoms with Crippen LogP contribution < -0.4 is 0 Å². The normalized spacial score (nSPS) is 22.7. The van der Waals surface area contributed by atoms with Crippen molar-refractivity contribution in [1.82, 2.24) is 19.6 Å². The number of nitrogens with zero attached hydrogens (tertiary/aromatic N) is 4. The number of hydrogen-bond donors (Lipinski definition) is 0. The van der Waals surface area contributed by atoms with Gasteiger partial charge in [0.2, 0.25) is 11.8 Å². The van der Waals surface area contributed by atoms with Crippen molar-refractivity contribution in [1.29, 1.82) is 0 Å². The van der Waals surface area contributed by atoms with Crippen LogP contribution in [0.15, 0.2) is 30.3 Å². The molecule has 3 aliphatic heterocycles. The zero-order valence-electron chi connectivity index (χ0n) is 19.5. The highest BCUT2D eigenvalue weighted by Gasteiger charge is 2.32. The average molecular weight is 443 g/mol. The molecular formula is C25H38N4O3. The molecule has 1 aromatic rings. The molecule has 2 amide bonds. The zero-order chi connectivity index (χ0) is 22.3. The van der Waals surface area contributed by atoms with Crippen LogP contribution in [0.2, 0.25) is 0 Å². The largest absolute Gasteiger partial charge is 0.379 e. The molecule has 0 radical (unpaired) electrons. The highest BCUT2D eigenvalue weighted by atomic mass is 16.5. The lowest BCUT2D eigenvalue weighted by Crippen LogP contribution is -2.57. The molecule has 0 aliphatic carbocycles. The van der Waals surface area contributed by atoms with Gasteiger partial charge in [0, 0.05) is 52.4 Å². The predicted molar refractivity (Wildman–Crippen MR) is 124 cm³/mol. The third-order valence-corrected chi connectivity index (χ3v) is 7.33. The summed E-state index contributed by atoms with van der Waals surface area (Å²) in [5, 5.41) is 0. The minimum atomic E-state index is -0.114. The molecule has 0 N–H and O–H groups in total. The molecule has 1 atom stereocenters. The number of amides is 2. The molecule has 4 rings (SSSR count). The number of likely N-dealkylation sites (tertiary alicyclic amines) is 1. The van der Waals surface area contributed by atoms with E-state index in [0.717, 1.165) is 58.5 Å². The molecule has 0 saturated carbocycles. The Morgan fingerprint density at radius 2 is 1.56 bits per heavy atom. The summed E-state index contributed by atoms with van der Waals surface area (Å²) >= 11 is 0. The standard InChI is InChI=1S/C25H38N4O3/c1-21(25(31)29-9-7-23(8-10-29)19-22-5-3-2-4-6-22)27-11-13-28(14-12-27)24(30)20-26-15-17-32-18-16-26/h2-6,21,23H,7-20H2,1H3. The minimum Gasteiger partial charge on any atom is -0.379 e. The van der Waals surface area contributed by atoms with Gasteiger partial charge in [0.25, 0.3) is 0 Å². The molecule has 176 valence electrons. The van der Waals surface area contributed by atoms with Gasteiger partial charge in [-0.15, -0.1) is 0 Å². The van der Waals surface area contributed by atoms with Crippen molar-refractivity contribution < 1.29 is 14.3 Å². The molecule has 0 spiro atoms. The van der Waals surface area contributed by atoms with E-state index in [1.165, 1.54) is 5.56 Å². The summed E-state index contributed by atoms with van der Waals surface area (Å²) in [6.07, 6.45) is 3.27. The molecule has 7 heteroatoms. The van der Waals surface area contributed by atoms with Gasteiger partial charge in [-0.3, -0.25) is 19.4 Å². The van der Waals surface area contributed by atoms with Gasteiger partial charge < -0.3 is 14.5 Å². The molecule has 1 unspecified atom stereocenters. The van der Waals surface area contributed by atoms with E-state index in [4.69, 9.17) is 4.74 Å². The quantitative estimate of drug-likeness (QED) is 0.665. The van der Waals surface area contributed by atoms with E-state index >= 15 is 0 Å². The van der Waals surface area contributed by atoms with Crippen LogP contribution in [0.5, 0.6) is 0 Å². The molecular weight excluding hydrogens is 404 g/mol. The predicted octanol–water partition coefficient (Wildman–Crippen LogP) is 1.33. The maximum Gasteiger partial charge on any atom is 0.239 e. The first-order chi connectivity index (χ1) is 15.6. The third kappa shape index (κ3) is 6.09. The highest BCUT2D eigenvalue weighted by Crippen LogP contribution is 2.23. The molecule has 3 fully saturated rings. The van der Waals surface area contributed by atoms with Gasteiger partial charge in [0.15, 0.2) is 0 Å². The van der Waals surface area contributed by atoms with Crippen molar-refractivity contribution in [2.75, 3.05) is 72.1 Å². The van der Waals surface area contributed by atoms with Crippen LogP contribution in [0, 0.1) is 5.92 Å². The topological polar surface area (TPSA) is 56.3 Å². The lowest BCUT2D eigenvalue weighted by molar-refractivity contribution is -0.140. The van der Waals surface area contributed by atoms with Crippen LogP contribution in [0.4, 0.5) is 0 Å². The number of piperidine rings is 1. The summed E-state index contributed by atoms with van der Waals surface area (Å²) in [4.78, 5) is 34.2. The summed E-state index contributed by atoms with van der Waals surface area (Å²) < 4.78 is 5.36. The second kappa shape index (κ2) is 11.3. The number of hydrogen-bond acceptors (Lipinski definition) is 5. The number of morpholine rings is 1. The lowest BCUT2D eigenvalue weighted by Gasteiger charge is -2.41. The third-order valence-electron chi connectivity index (χ3n) is 7.33. The summed E-state index contributed by atoms with van der Waals surface area (Å²) in [6, 6.07) is 10.6. The van der Waals surface area contributed by atoms with Crippen LogP contribution in [0.25, 0.3) is 0 Å². The fraction of sp³-hybridized carbons (Fsp3) is 0.680. The number of carbonyl (C=O) groups excluding carboxylic acids is 2. The first-order valence-corrected chi connectivity index (χ1v) is 12.2. The second-order valence-electron chi connectivity index (χ2n) is 9.44. The SMILES string of the molecule is CC(C(=O)N1CCC(Cc2ccccc2)CC1)N1CCN(C(=O)CN2CCOCC2)CC1. The summed E-state index contributed by atoms with van der Waals surface area (Å²) in [7, 11) is 0. The van der Waals surface area contributed by atoms with Crippen LogP contribution in [0.1, 0.15) is 25.3 Å². The van der Waals surface area contributed by atoms with Gasteiger partial charge in [-0.1, -0.05) is 30.3 Å². The van der Waals surface area contributed by atoms with E-state index in [9.17, 15) is 9.59 Å². The maximum atomic E-state index is 13.1. The molecule has 0 bridgehead atoms. The first-order valence-electron chi connectivity index (χ1n) is 12.2.